The summed E-state index contributed by atoms with van der Waals surface area (Å²) in [4.78, 5) is 19.5. The highest BCUT2D eigenvalue weighted by atomic mass is 16.2. The highest BCUT2D eigenvalue weighted by molar-refractivity contribution is 5.93. The van der Waals surface area contributed by atoms with Crippen molar-refractivity contribution in [1.29, 1.82) is 0 Å². The normalized spacial score (nSPS) is 17.5. The third-order valence-electron chi connectivity index (χ3n) is 4.77. The van der Waals surface area contributed by atoms with Gasteiger partial charge in [0.2, 0.25) is 0 Å². The zero-order valence-corrected chi connectivity index (χ0v) is 15.0. The molecule has 7 nitrogen and oxygen atoms in total. The molecule has 1 atom stereocenters. The number of para-hydroxylation sites is 1. The minimum Gasteiger partial charge on any atom is -0.336 e. The Bertz CT molecular complexity index is 913. The number of aryl methyl sites for hydroxylation is 2. The zero-order valence-electron chi connectivity index (χ0n) is 15.0. The van der Waals surface area contributed by atoms with Gasteiger partial charge in [-0.15, -0.1) is 0 Å². The van der Waals surface area contributed by atoms with Crippen LogP contribution in [0.1, 0.15) is 28.0 Å². The molecule has 3 aromatic rings. The highest BCUT2D eigenvalue weighted by Crippen LogP contribution is 2.23. The number of amides is 1. The maximum Gasteiger partial charge on any atom is 0.275 e. The number of nitrogens with one attached hydrogen (secondary N) is 1. The summed E-state index contributed by atoms with van der Waals surface area (Å²) in [6, 6.07) is 11.6. The summed E-state index contributed by atoms with van der Waals surface area (Å²) < 4.78 is 3.77. The fraction of sp³-hybridized carbons (Fsp3) is 0.316. The van der Waals surface area contributed by atoms with E-state index in [4.69, 9.17) is 0 Å². The molecule has 0 spiro atoms. The molecule has 0 saturated carbocycles. The number of rotatable bonds is 3. The van der Waals surface area contributed by atoms with Gasteiger partial charge in [0, 0.05) is 44.8 Å². The van der Waals surface area contributed by atoms with Gasteiger partial charge in [-0.25, -0.2) is 9.67 Å². The van der Waals surface area contributed by atoms with Crippen molar-refractivity contribution in [2.24, 2.45) is 7.05 Å². The predicted molar refractivity (Wildman–Crippen MR) is 98.2 cm³/mol. The Morgan fingerprint density at radius 2 is 2.08 bits per heavy atom. The molecular formula is C19H22N6O. The first-order valence-corrected chi connectivity index (χ1v) is 8.76. The SMILES string of the molecule is Cc1cc(C(=O)N2CCNCC2c2nccn2C)nn1-c1ccccc1. The Hall–Kier alpha value is -2.93. The molecule has 1 aliphatic rings. The summed E-state index contributed by atoms with van der Waals surface area (Å²) in [5, 5.41) is 7.93. The highest BCUT2D eigenvalue weighted by Gasteiger charge is 2.32. The number of benzene rings is 1. The van der Waals surface area contributed by atoms with Gasteiger partial charge in [-0.2, -0.15) is 5.10 Å². The summed E-state index contributed by atoms with van der Waals surface area (Å²) in [7, 11) is 1.95. The molecule has 0 aliphatic carbocycles. The van der Waals surface area contributed by atoms with Crippen LogP contribution in [0.2, 0.25) is 0 Å². The maximum atomic E-state index is 13.2. The van der Waals surface area contributed by atoms with Crippen molar-refractivity contribution in [3.8, 4) is 5.69 Å². The van der Waals surface area contributed by atoms with E-state index in [1.165, 1.54) is 0 Å². The van der Waals surface area contributed by atoms with Crippen LogP contribution in [0.4, 0.5) is 0 Å². The molecule has 26 heavy (non-hydrogen) atoms. The zero-order chi connectivity index (χ0) is 18.1. The molecule has 134 valence electrons. The van der Waals surface area contributed by atoms with Crippen molar-refractivity contribution < 1.29 is 4.79 Å². The minimum atomic E-state index is -0.0987. The van der Waals surface area contributed by atoms with Gasteiger partial charge in [0.1, 0.15) is 11.9 Å². The summed E-state index contributed by atoms with van der Waals surface area (Å²) in [6.07, 6.45) is 3.67. The van der Waals surface area contributed by atoms with E-state index in [1.54, 1.807) is 6.20 Å². The lowest BCUT2D eigenvalue weighted by Crippen LogP contribution is -2.49. The Morgan fingerprint density at radius 1 is 1.27 bits per heavy atom. The van der Waals surface area contributed by atoms with Gasteiger partial charge in [-0.1, -0.05) is 18.2 Å². The van der Waals surface area contributed by atoms with E-state index in [0.29, 0.717) is 18.8 Å². The topological polar surface area (TPSA) is 68.0 Å². The Balaban J connectivity index is 1.65. The fourth-order valence-electron chi connectivity index (χ4n) is 3.43. The van der Waals surface area contributed by atoms with Crippen LogP contribution in [0.5, 0.6) is 0 Å². The average Bonchev–Trinajstić information content (AvgIpc) is 3.27. The smallest absolute Gasteiger partial charge is 0.275 e. The molecule has 1 fully saturated rings. The number of hydrogen-bond acceptors (Lipinski definition) is 4. The number of imidazole rings is 1. The van der Waals surface area contributed by atoms with Gasteiger partial charge >= 0.3 is 0 Å². The van der Waals surface area contributed by atoms with E-state index in [-0.39, 0.29) is 11.9 Å². The monoisotopic (exact) mass is 350 g/mol. The largest absolute Gasteiger partial charge is 0.336 e. The number of nitrogens with zero attached hydrogens (tertiary/aromatic N) is 5. The van der Waals surface area contributed by atoms with E-state index < -0.39 is 0 Å². The number of carbonyl (C=O) groups is 1. The minimum absolute atomic E-state index is 0.0581. The third kappa shape index (κ3) is 2.90. The van der Waals surface area contributed by atoms with Crippen LogP contribution in [-0.4, -0.2) is 49.8 Å². The standard InChI is InChI=1S/C19H22N6O/c1-14-12-16(22-25(14)15-6-4-3-5-7-15)19(26)24-11-8-20-13-17(24)18-21-9-10-23(18)2/h3-7,9-10,12,17,20H,8,11,13H2,1-2H3. The number of hydrogen-bond donors (Lipinski definition) is 1. The van der Waals surface area contributed by atoms with Gasteiger partial charge in [0.25, 0.3) is 5.91 Å². The molecule has 3 heterocycles. The van der Waals surface area contributed by atoms with Crippen molar-refractivity contribution in [3.05, 3.63) is 66.0 Å². The van der Waals surface area contributed by atoms with Crippen LogP contribution in [0, 0.1) is 6.92 Å². The quantitative estimate of drug-likeness (QED) is 0.781. The van der Waals surface area contributed by atoms with Gasteiger partial charge in [0.05, 0.1) is 5.69 Å². The molecule has 1 amide bonds. The molecule has 1 saturated heterocycles. The van der Waals surface area contributed by atoms with E-state index in [1.807, 2.05) is 70.7 Å². The molecule has 1 N–H and O–H groups in total. The van der Waals surface area contributed by atoms with Crippen LogP contribution in [0.15, 0.2) is 48.8 Å². The molecule has 1 aliphatic heterocycles. The molecule has 1 unspecified atom stereocenters. The molecule has 0 radical (unpaired) electrons. The first-order chi connectivity index (χ1) is 12.6. The molecule has 1 aromatic carbocycles. The first-order valence-electron chi connectivity index (χ1n) is 8.76. The van der Waals surface area contributed by atoms with Crippen molar-refractivity contribution in [2.75, 3.05) is 19.6 Å². The molecule has 0 bridgehead atoms. The van der Waals surface area contributed by atoms with Crippen molar-refractivity contribution >= 4 is 5.91 Å². The van der Waals surface area contributed by atoms with Crippen LogP contribution >= 0.6 is 0 Å². The second-order valence-electron chi connectivity index (χ2n) is 6.53. The van der Waals surface area contributed by atoms with Gasteiger partial charge in [0.15, 0.2) is 5.69 Å². The number of piperazine rings is 1. The van der Waals surface area contributed by atoms with E-state index in [0.717, 1.165) is 23.8 Å². The lowest BCUT2D eigenvalue weighted by molar-refractivity contribution is 0.0614. The molecular weight excluding hydrogens is 328 g/mol. The lowest BCUT2D eigenvalue weighted by atomic mass is 10.1. The third-order valence-corrected chi connectivity index (χ3v) is 4.77. The number of carbonyl (C=O) groups excluding carboxylic acids is 1. The maximum absolute atomic E-state index is 13.2. The van der Waals surface area contributed by atoms with Crippen LogP contribution < -0.4 is 5.32 Å². The van der Waals surface area contributed by atoms with Gasteiger partial charge in [-0.05, 0) is 25.1 Å². The molecule has 2 aromatic heterocycles. The van der Waals surface area contributed by atoms with Crippen molar-refractivity contribution in [1.82, 2.24) is 29.5 Å². The number of aromatic nitrogens is 4. The summed E-state index contributed by atoms with van der Waals surface area (Å²) in [6.45, 7) is 4.05. The Labute approximate surface area is 152 Å². The Morgan fingerprint density at radius 3 is 2.81 bits per heavy atom. The first kappa shape index (κ1) is 16.5. The van der Waals surface area contributed by atoms with Crippen LogP contribution in [-0.2, 0) is 7.05 Å². The second-order valence-corrected chi connectivity index (χ2v) is 6.53. The second kappa shape index (κ2) is 6.76. The molecule has 7 heteroatoms. The average molecular weight is 350 g/mol. The summed E-state index contributed by atoms with van der Waals surface area (Å²) in [5.74, 6) is 0.821. The summed E-state index contributed by atoms with van der Waals surface area (Å²) in [5.41, 5.74) is 2.35. The molecule has 4 rings (SSSR count). The fourth-order valence-corrected chi connectivity index (χ4v) is 3.43. The predicted octanol–water partition coefficient (Wildman–Crippen LogP) is 1.70. The van der Waals surface area contributed by atoms with Crippen molar-refractivity contribution in [3.63, 3.8) is 0 Å². The van der Waals surface area contributed by atoms with Crippen molar-refractivity contribution in [2.45, 2.75) is 13.0 Å². The lowest BCUT2D eigenvalue weighted by Gasteiger charge is -2.35. The summed E-state index contributed by atoms with van der Waals surface area (Å²) >= 11 is 0. The van der Waals surface area contributed by atoms with Crippen LogP contribution in [0.3, 0.4) is 0 Å². The van der Waals surface area contributed by atoms with Gasteiger partial charge < -0.3 is 14.8 Å². The van der Waals surface area contributed by atoms with E-state index in [9.17, 15) is 4.79 Å². The van der Waals surface area contributed by atoms with E-state index >= 15 is 0 Å². The van der Waals surface area contributed by atoms with Crippen LogP contribution in [0.25, 0.3) is 5.69 Å². The van der Waals surface area contributed by atoms with E-state index in [2.05, 4.69) is 15.4 Å². The van der Waals surface area contributed by atoms with Gasteiger partial charge in [-0.3, -0.25) is 4.79 Å². The Kier molecular flexibility index (Phi) is 4.30.